The van der Waals surface area contributed by atoms with Crippen LogP contribution in [-0.4, -0.2) is 15.0 Å². The number of benzene rings is 7. The highest BCUT2D eigenvalue weighted by atomic mass is 15.1. The number of para-hydroxylation sites is 1. The van der Waals surface area contributed by atoms with Crippen LogP contribution in [0, 0.1) is 0 Å². The standard InChI is InChI=1S/C51H34N4/c1-2-10-37(11-3-1)46-34-50(54-49-15-8-32-52-51(46)49)40-22-29-45(30-23-40)55(43-25-18-36(19-26-43)42-17-16-35-9-4-5-13-41(35)33-42)44-27-20-39(21-28-44)48-31-24-38-12-6-7-14-47(38)53-48/h1-34H. The van der Waals surface area contributed by atoms with E-state index < -0.39 is 0 Å². The highest BCUT2D eigenvalue weighted by Crippen LogP contribution is 2.39. The molecule has 0 unspecified atom stereocenters. The van der Waals surface area contributed by atoms with E-state index in [2.05, 4.69) is 175 Å². The van der Waals surface area contributed by atoms with Gasteiger partial charge in [-0.1, -0.05) is 127 Å². The molecular formula is C51H34N4. The zero-order valence-electron chi connectivity index (χ0n) is 29.9. The molecule has 0 N–H and O–H groups in total. The van der Waals surface area contributed by atoms with Crippen molar-refractivity contribution in [2.45, 2.75) is 0 Å². The zero-order chi connectivity index (χ0) is 36.6. The van der Waals surface area contributed by atoms with Gasteiger partial charge in [-0.05, 0) is 100 Å². The molecule has 0 aliphatic heterocycles. The second-order valence-corrected chi connectivity index (χ2v) is 13.7. The molecule has 3 heterocycles. The second kappa shape index (κ2) is 13.8. The third kappa shape index (κ3) is 6.26. The SMILES string of the molecule is c1ccc(-c2cc(-c3ccc(N(c4ccc(-c5ccc6ccccc6c5)cc4)c4ccc(-c5ccc6ccccc6n5)cc4)cc3)nc3cccnc23)cc1. The number of aromatic nitrogens is 3. The Hall–Kier alpha value is -7.43. The lowest BCUT2D eigenvalue weighted by atomic mass is 10.00. The molecule has 0 atom stereocenters. The quantitative estimate of drug-likeness (QED) is 0.166. The van der Waals surface area contributed by atoms with E-state index in [1.54, 1.807) is 0 Å². The van der Waals surface area contributed by atoms with E-state index >= 15 is 0 Å². The van der Waals surface area contributed by atoms with Crippen LogP contribution in [0.3, 0.4) is 0 Å². The van der Waals surface area contributed by atoms with E-state index in [1.807, 2.05) is 36.5 Å². The van der Waals surface area contributed by atoms with Crippen molar-refractivity contribution in [2.24, 2.45) is 0 Å². The largest absolute Gasteiger partial charge is 0.311 e. The molecule has 55 heavy (non-hydrogen) atoms. The van der Waals surface area contributed by atoms with Crippen LogP contribution < -0.4 is 4.90 Å². The Balaban J connectivity index is 1.03. The Morgan fingerprint density at radius 3 is 1.60 bits per heavy atom. The summed E-state index contributed by atoms with van der Waals surface area (Å²) in [6, 6.07) is 70.4. The second-order valence-electron chi connectivity index (χ2n) is 13.7. The highest BCUT2D eigenvalue weighted by molar-refractivity contribution is 5.94. The number of hydrogen-bond acceptors (Lipinski definition) is 4. The first kappa shape index (κ1) is 32.2. The Morgan fingerprint density at radius 1 is 0.327 bits per heavy atom. The van der Waals surface area contributed by atoms with Crippen molar-refractivity contribution < 1.29 is 0 Å². The lowest BCUT2D eigenvalue weighted by Crippen LogP contribution is -2.09. The molecule has 7 aromatic carbocycles. The maximum absolute atomic E-state index is 5.06. The van der Waals surface area contributed by atoms with Crippen LogP contribution in [-0.2, 0) is 0 Å². The van der Waals surface area contributed by atoms with Gasteiger partial charge in [-0.15, -0.1) is 0 Å². The fourth-order valence-electron chi connectivity index (χ4n) is 7.46. The third-order valence-corrected chi connectivity index (χ3v) is 10.3. The van der Waals surface area contributed by atoms with Crippen LogP contribution in [0.4, 0.5) is 17.1 Å². The molecule has 0 radical (unpaired) electrons. The molecule has 0 aliphatic rings. The summed E-state index contributed by atoms with van der Waals surface area (Å²) in [4.78, 5) is 17.0. The summed E-state index contributed by atoms with van der Waals surface area (Å²) in [5.74, 6) is 0. The van der Waals surface area contributed by atoms with E-state index in [1.165, 1.54) is 21.9 Å². The van der Waals surface area contributed by atoms with Gasteiger partial charge in [0, 0.05) is 45.3 Å². The average Bonchev–Trinajstić information content (AvgIpc) is 3.27. The number of nitrogens with zero attached hydrogens (tertiary/aromatic N) is 4. The predicted molar refractivity (Wildman–Crippen MR) is 229 cm³/mol. The van der Waals surface area contributed by atoms with Gasteiger partial charge >= 0.3 is 0 Å². The summed E-state index contributed by atoms with van der Waals surface area (Å²) >= 11 is 0. The van der Waals surface area contributed by atoms with Crippen LogP contribution in [0.25, 0.3) is 77.5 Å². The molecule has 0 bridgehead atoms. The van der Waals surface area contributed by atoms with Gasteiger partial charge in [0.15, 0.2) is 0 Å². The van der Waals surface area contributed by atoms with E-state index in [-0.39, 0.29) is 0 Å². The summed E-state index contributed by atoms with van der Waals surface area (Å²) in [6.45, 7) is 0. The van der Waals surface area contributed by atoms with Crippen molar-refractivity contribution in [1.82, 2.24) is 15.0 Å². The number of hydrogen-bond donors (Lipinski definition) is 0. The van der Waals surface area contributed by atoms with Gasteiger partial charge in [-0.3, -0.25) is 4.98 Å². The number of fused-ring (bicyclic) bond motifs is 3. The minimum atomic E-state index is 0.872. The van der Waals surface area contributed by atoms with Gasteiger partial charge in [-0.2, -0.15) is 0 Å². The van der Waals surface area contributed by atoms with Crippen LogP contribution >= 0.6 is 0 Å². The van der Waals surface area contributed by atoms with Crippen molar-refractivity contribution in [2.75, 3.05) is 4.90 Å². The molecule has 0 spiro atoms. The van der Waals surface area contributed by atoms with E-state index in [0.717, 1.165) is 72.6 Å². The smallest absolute Gasteiger partial charge is 0.0965 e. The Kier molecular flexibility index (Phi) is 8.12. The van der Waals surface area contributed by atoms with Gasteiger partial charge in [0.25, 0.3) is 0 Å². The molecule has 4 heteroatoms. The van der Waals surface area contributed by atoms with Crippen molar-refractivity contribution in [3.05, 3.63) is 206 Å². The zero-order valence-corrected chi connectivity index (χ0v) is 29.9. The summed E-state index contributed by atoms with van der Waals surface area (Å²) in [7, 11) is 0. The van der Waals surface area contributed by atoms with Crippen LogP contribution in [0.5, 0.6) is 0 Å². The molecule has 3 aromatic heterocycles. The topological polar surface area (TPSA) is 41.9 Å². The van der Waals surface area contributed by atoms with Crippen molar-refractivity contribution in [1.29, 1.82) is 0 Å². The Bertz CT molecular complexity index is 2830. The maximum Gasteiger partial charge on any atom is 0.0965 e. The third-order valence-electron chi connectivity index (χ3n) is 10.3. The van der Waals surface area contributed by atoms with Gasteiger partial charge in [0.05, 0.1) is 27.9 Å². The minimum Gasteiger partial charge on any atom is -0.311 e. The summed E-state index contributed by atoms with van der Waals surface area (Å²) in [5, 5.41) is 3.61. The molecule has 0 saturated carbocycles. The molecular weight excluding hydrogens is 669 g/mol. The maximum atomic E-state index is 5.06. The van der Waals surface area contributed by atoms with E-state index in [9.17, 15) is 0 Å². The monoisotopic (exact) mass is 702 g/mol. The number of pyridine rings is 3. The van der Waals surface area contributed by atoms with E-state index in [0.29, 0.717) is 0 Å². The molecule has 10 aromatic rings. The predicted octanol–water partition coefficient (Wildman–Crippen LogP) is 13.5. The molecule has 0 aliphatic carbocycles. The average molecular weight is 703 g/mol. The Morgan fingerprint density at radius 2 is 0.873 bits per heavy atom. The van der Waals surface area contributed by atoms with Crippen molar-refractivity contribution in [3.8, 4) is 44.8 Å². The molecule has 10 rings (SSSR count). The van der Waals surface area contributed by atoms with Crippen LogP contribution in [0.2, 0.25) is 0 Å². The van der Waals surface area contributed by atoms with E-state index in [4.69, 9.17) is 15.0 Å². The Labute approximate surface area is 319 Å². The lowest BCUT2D eigenvalue weighted by Gasteiger charge is -2.26. The highest BCUT2D eigenvalue weighted by Gasteiger charge is 2.16. The van der Waals surface area contributed by atoms with Gasteiger partial charge in [0.2, 0.25) is 0 Å². The van der Waals surface area contributed by atoms with Gasteiger partial charge < -0.3 is 4.90 Å². The van der Waals surface area contributed by atoms with Crippen LogP contribution in [0.15, 0.2) is 206 Å². The fraction of sp³-hybridized carbons (Fsp3) is 0. The van der Waals surface area contributed by atoms with Gasteiger partial charge in [0.1, 0.15) is 0 Å². The molecule has 0 amide bonds. The molecule has 258 valence electrons. The summed E-state index contributed by atoms with van der Waals surface area (Å²) < 4.78 is 0. The lowest BCUT2D eigenvalue weighted by molar-refractivity contribution is 1.28. The summed E-state index contributed by atoms with van der Waals surface area (Å²) in [6.07, 6.45) is 1.83. The number of anilines is 3. The normalized spacial score (nSPS) is 11.3. The van der Waals surface area contributed by atoms with Crippen molar-refractivity contribution in [3.63, 3.8) is 0 Å². The summed E-state index contributed by atoms with van der Waals surface area (Å²) in [5.41, 5.74) is 14.5. The first-order chi connectivity index (χ1) is 27.2. The molecule has 0 fully saturated rings. The van der Waals surface area contributed by atoms with Crippen molar-refractivity contribution >= 4 is 49.8 Å². The van der Waals surface area contributed by atoms with Gasteiger partial charge in [-0.25, -0.2) is 9.97 Å². The number of rotatable bonds is 7. The molecule has 4 nitrogen and oxygen atoms in total. The fourth-order valence-corrected chi connectivity index (χ4v) is 7.46. The minimum absolute atomic E-state index is 0.872. The molecule has 0 saturated heterocycles. The van der Waals surface area contributed by atoms with Crippen LogP contribution in [0.1, 0.15) is 0 Å². The first-order valence-electron chi connectivity index (χ1n) is 18.5. The first-order valence-corrected chi connectivity index (χ1v) is 18.5.